The molecule has 0 amide bonds. The Hall–Kier alpha value is -3.86. The van der Waals surface area contributed by atoms with Crippen molar-refractivity contribution in [1.29, 1.82) is 0 Å². The Morgan fingerprint density at radius 2 is 0.983 bits per heavy atom. The van der Waals surface area contributed by atoms with E-state index in [4.69, 9.17) is 31.4 Å². The number of carbonyl (C=O) groups is 2. The van der Waals surface area contributed by atoms with E-state index in [0.29, 0.717) is 30.4 Å². The number of carbonyl (C=O) groups excluding carboxylic acids is 2. The summed E-state index contributed by atoms with van der Waals surface area (Å²) in [6, 6.07) is 8.03. The van der Waals surface area contributed by atoms with Crippen molar-refractivity contribution in [1.82, 2.24) is 0 Å². The molecule has 60 heavy (non-hydrogen) atoms. The molecule has 0 spiro atoms. The van der Waals surface area contributed by atoms with Gasteiger partial charge < -0.3 is 33.5 Å². The van der Waals surface area contributed by atoms with E-state index in [9.17, 15) is 14.7 Å². The molecule has 0 bridgehead atoms. The summed E-state index contributed by atoms with van der Waals surface area (Å²) < 4.78 is 45.6. The Kier molecular flexibility index (Phi) is 19.9. The molecule has 2 fully saturated rings. The van der Waals surface area contributed by atoms with Crippen LogP contribution in [0, 0.1) is 33.6 Å². The number of benzene rings is 2. The van der Waals surface area contributed by atoms with E-state index in [-0.39, 0.29) is 78.1 Å². The van der Waals surface area contributed by atoms with Gasteiger partial charge in [-0.15, -0.1) is 0 Å². The highest BCUT2D eigenvalue weighted by Crippen LogP contribution is 2.36. The summed E-state index contributed by atoms with van der Waals surface area (Å²) >= 11 is 0. The average Bonchev–Trinajstić information content (AvgIpc) is 3.61. The quantitative estimate of drug-likeness (QED) is 0.205. The van der Waals surface area contributed by atoms with Gasteiger partial charge >= 0.3 is 11.9 Å². The van der Waals surface area contributed by atoms with Gasteiger partial charge in [0.25, 0.3) is 0 Å². The molecule has 2 aromatic carbocycles. The minimum atomic E-state index is -0.789. The van der Waals surface area contributed by atoms with Gasteiger partial charge in [-0.2, -0.15) is 0 Å². The fourth-order valence-electron chi connectivity index (χ4n) is 8.00. The molecule has 2 saturated heterocycles. The molecular formula is C51H80O9. The van der Waals surface area contributed by atoms with Crippen LogP contribution in [0.2, 0.25) is 0 Å². The first-order valence-electron chi connectivity index (χ1n) is 21.0. The molecule has 0 aromatic heterocycles. The first-order chi connectivity index (χ1) is 27.3. The van der Waals surface area contributed by atoms with E-state index in [1.54, 1.807) is 6.08 Å². The van der Waals surface area contributed by atoms with E-state index in [2.05, 4.69) is 25.2 Å². The molecule has 4 heterocycles. The van der Waals surface area contributed by atoms with Crippen LogP contribution < -0.4 is 0 Å². The molecule has 4 aliphatic rings. The van der Waals surface area contributed by atoms with Crippen LogP contribution >= 0.6 is 0 Å². The van der Waals surface area contributed by atoms with Gasteiger partial charge in [0.2, 0.25) is 0 Å². The fourth-order valence-corrected chi connectivity index (χ4v) is 8.00. The van der Waals surface area contributed by atoms with Gasteiger partial charge in [-0.25, -0.2) is 9.59 Å². The lowest BCUT2D eigenvalue weighted by Crippen LogP contribution is -2.34. The van der Waals surface area contributed by atoms with Crippen LogP contribution in [-0.4, -0.2) is 71.3 Å². The van der Waals surface area contributed by atoms with E-state index in [1.165, 1.54) is 0 Å². The monoisotopic (exact) mass is 839 g/mol. The van der Waals surface area contributed by atoms with Crippen LogP contribution in [0.15, 0.2) is 60.7 Å². The number of aliphatic hydroxyl groups is 1. The summed E-state index contributed by atoms with van der Waals surface area (Å²) in [5, 5.41) is 10.6. The smallest absolute Gasteiger partial charge is 0.339 e. The topological polar surface area (TPSA) is 110 Å². The number of fused-ring (bicyclic) bond motifs is 4. The summed E-state index contributed by atoms with van der Waals surface area (Å²) in [6.07, 6.45) is 16.2. The number of hydrogen-bond acceptors (Lipinski definition) is 9. The van der Waals surface area contributed by atoms with Gasteiger partial charge in [-0.1, -0.05) is 121 Å². The summed E-state index contributed by atoms with van der Waals surface area (Å²) in [6.45, 7) is 21.5. The maximum atomic E-state index is 12.8. The van der Waals surface area contributed by atoms with E-state index in [1.807, 2.05) is 118 Å². The minimum absolute atomic E-state index is 0. The molecule has 0 radical (unpaired) electrons. The highest BCUT2D eigenvalue weighted by atomic mass is 16.8. The third kappa shape index (κ3) is 14.1. The summed E-state index contributed by atoms with van der Waals surface area (Å²) in [5.74, 6) is -1.71. The van der Waals surface area contributed by atoms with Gasteiger partial charge in [0.05, 0.1) is 29.4 Å². The normalized spacial score (nSPS) is 29.5. The second kappa shape index (κ2) is 22.8. The Morgan fingerprint density at radius 1 is 0.583 bits per heavy atom. The van der Waals surface area contributed by atoms with Crippen LogP contribution in [-0.2, 0) is 28.4 Å². The van der Waals surface area contributed by atoms with Gasteiger partial charge in [-0.3, -0.25) is 0 Å². The van der Waals surface area contributed by atoms with Gasteiger partial charge in [0.15, 0.2) is 11.6 Å². The summed E-state index contributed by atoms with van der Waals surface area (Å²) in [4.78, 5) is 25.6. The molecule has 0 saturated carbocycles. The average molecular weight is 839 g/mol. The predicted octanol–water partition coefficient (Wildman–Crippen LogP) is 12.3. The van der Waals surface area contributed by atoms with Gasteiger partial charge in [0, 0.05) is 21.7 Å². The Bertz CT molecular complexity index is 1730. The van der Waals surface area contributed by atoms with E-state index >= 15 is 0 Å². The lowest BCUT2D eigenvalue weighted by molar-refractivity contribution is -0.152. The number of esters is 2. The molecule has 1 N–H and O–H groups in total. The van der Waals surface area contributed by atoms with Gasteiger partial charge in [-0.05, 0) is 104 Å². The minimum Gasteiger partial charge on any atom is -0.459 e. The third-order valence-electron chi connectivity index (χ3n) is 10.4. The third-order valence-corrected chi connectivity index (χ3v) is 10.4. The van der Waals surface area contributed by atoms with Crippen LogP contribution in [0.25, 0.3) is 12.2 Å². The maximum absolute atomic E-state index is 12.8. The number of rotatable bonds is 0. The molecular weight excluding hydrogens is 757 g/mol. The number of cyclic esters (lactones) is 2. The second-order valence-corrected chi connectivity index (χ2v) is 16.8. The zero-order valence-corrected chi connectivity index (χ0v) is 35.1. The molecule has 338 valence electrons. The summed E-state index contributed by atoms with van der Waals surface area (Å²) in [5.41, 5.74) is 7.00. The molecule has 6 rings (SSSR count). The lowest BCUT2D eigenvalue weighted by atomic mass is 9.95. The van der Waals surface area contributed by atoms with E-state index < -0.39 is 23.8 Å². The number of ether oxygens (including phenoxy) is 6. The maximum Gasteiger partial charge on any atom is 0.339 e. The number of aliphatic hydroxyl groups excluding tert-OH is 1. The van der Waals surface area contributed by atoms with Crippen LogP contribution in [0.5, 0.6) is 0 Å². The van der Waals surface area contributed by atoms with Crippen molar-refractivity contribution in [3.63, 3.8) is 0 Å². The Labute approximate surface area is 366 Å². The van der Waals surface area contributed by atoms with Crippen molar-refractivity contribution >= 4 is 24.1 Å². The van der Waals surface area contributed by atoms with Gasteiger partial charge in [0.1, 0.15) is 24.4 Å². The molecule has 9 nitrogen and oxygen atoms in total. The van der Waals surface area contributed by atoms with Crippen molar-refractivity contribution in [2.45, 2.75) is 186 Å². The SMILES string of the molecule is C.C.C.C.Cc1cc(C)c2c(c1)C=CC[C@@H]1OC(C)(C)O[C@@H]1C(C)/C=C\C[C@H](C)OC2=O.Cc1cc(C)c2c(c1)C=CC[C@@H]1OC(C)(C)O[C@@H]1C(O)/C=C\C[C@H](C)OC2=O.[2H][2H]. The second-order valence-electron chi connectivity index (χ2n) is 16.8. The Morgan fingerprint density at radius 3 is 1.43 bits per heavy atom. The molecule has 4 aliphatic heterocycles. The molecule has 2 aromatic rings. The first-order valence-corrected chi connectivity index (χ1v) is 20.0. The molecule has 0 aliphatic carbocycles. The van der Waals surface area contributed by atoms with Crippen LogP contribution in [0.1, 0.15) is 161 Å². The number of aryl methyl sites for hydroxylation is 4. The lowest BCUT2D eigenvalue weighted by Gasteiger charge is -2.21. The van der Waals surface area contributed by atoms with Crippen molar-refractivity contribution in [3.8, 4) is 0 Å². The standard InChI is InChI=1S/C24H32O4.C23H30O5.4CH4.H2/c1-15-13-17(3)21-19(14-15)11-8-12-20-22(28-24(5,6)27-20)16(2)9-7-10-18(4)26-23(21)25;1-14-12-15(2)20-17(13-14)9-7-11-19-21(28-23(4,5)27-19)18(24)10-6-8-16(3)26-22(20)25;;;;;/h7-9,11,13-14,16,18,20,22H,10,12H2,1-6H3;6-7,9-10,12-13,16,18-19,21,24H,8,11H2,1-5H3;4*1H4;1H/b9-7-,11-8?;9-7?,10-6-;;;;;/t16?,18-,20-,22+;16-,18?,19-,21+;;;;;/m00...../s1/i;;;;;;1+1D. The number of hydrogen-bond donors (Lipinski definition) is 1. The fraction of sp³-hybridized carbons (Fsp3) is 0.569. The van der Waals surface area contributed by atoms with Crippen LogP contribution in [0.4, 0.5) is 0 Å². The van der Waals surface area contributed by atoms with Crippen molar-refractivity contribution in [2.24, 2.45) is 5.92 Å². The largest absolute Gasteiger partial charge is 0.459 e. The highest BCUT2D eigenvalue weighted by Gasteiger charge is 2.44. The molecule has 2 unspecified atom stereocenters. The Balaban J connectivity index is 0.00000109. The van der Waals surface area contributed by atoms with Crippen LogP contribution in [0.3, 0.4) is 0 Å². The molecule has 9 heteroatoms. The van der Waals surface area contributed by atoms with Crippen molar-refractivity contribution in [3.05, 3.63) is 105 Å². The summed E-state index contributed by atoms with van der Waals surface area (Å²) in [7, 11) is 0. The predicted molar refractivity (Wildman–Crippen MR) is 248 cm³/mol. The highest BCUT2D eigenvalue weighted by molar-refractivity contribution is 5.96. The molecule has 8 atom stereocenters. The first kappa shape index (κ1) is 52.3. The van der Waals surface area contributed by atoms with Crippen molar-refractivity contribution < 1.29 is 46.1 Å². The van der Waals surface area contributed by atoms with Crippen molar-refractivity contribution in [2.75, 3.05) is 0 Å². The zero-order chi connectivity index (χ0) is 42.9. The van der Waals surface area contributed by atoms with E-state index in [0.717, 1.165) is 39.8 Å². The zero-order valence-electron chi connectivity index (χ0n) is 37.1.